The van der Waals surface area contributed by atoms with Crippen LogP contribution in [0.4, 0.5) is 0 Å². The maximum absolute atomic E-state index is 12.6. The summed E-state index contributed by atoms with van der Waals surface area (Å²) in [7, 11) is 3.61. The van der Waals surface area contributed by atoms with Crippen molar-refractivity contribution in [1.82, 2.24) is 14.7 Å². The molecule has 2 aromatic rings. The molecular formula is C17H23N3O3. The highest BCUT2D eigenvalue weighted by Gasteiger charge is 2.16. The molecule has 0 aliphatic carbocycles. The smallest absolute Gasteiger partial charge is 0.254 e. The maximum Gasteiger partial charge on any atom is 0.254 e. The average molecular weight is 317 g/mol. The second kappa shape index (κ2) is 7.67. The van der Waals surface area contributed by atoms with Gasteiger partial charge in [0.15, 0.2) is 11.5 Å². The molecule has 1 amide bonds. The van der Waals surface area contributed by atoms with Crippen molar-refractivity contribution in [1.29, 1.82) is 0 Å². The first-order chi connectivity index (χ1) is 11.0. The topological polar surface area (TPSA) is 56.6 Å². The Morgan fingerprint density at radius 2 is 1.87 bits per heavy atom. The lowest BCUT2D eigenvalue weighted by Crippen LogP contribution is -2.26. The van der Waals surface area contributed by atoms with Gasteiger partial charge in [0, 0.05) is 25.9 Å². The predicted octanol–water partition coefficient (Wildman–Crippen LogP) is 2.49. The molecule has 6 heteroatoms. The van der Waals surface area contributed by atoms with Gasteiger partial charge in [-0.2, -0.15) is 5.10 Å². The Balaban J connectivity index is 2.15. The lowest BCUT2D eigenvalue weighted by molar-refractivity contribution is 0.0782. The summed E-state index contributed by atoms with van der Waals surface area (Å²) in [6.07, 6.45) is 1.86. The van der Waals surface area contributed by atoms with E-state index < -0.39 is 0 Å². The van der Waals surface area contributed by atoms with Gasteiger partial charge in [-0.05, 0) is 38.1 Å². The van der Waals surface area contributed by atoms with Gasteiger partial charge in [0.2, 0.25) is 0 Å². The highest BCUT2D eigenvalue weighted by Crippen LogP contribution is 2.29. The molecule has 6 nitrogen and oxygen atoms in total. The molecule has 0 aliphatic heterocycles. The zero-order valence-corrected chi connectivity index (χ0v) is 14.1. The van der Waals surface area contributed by atoms with Crippen molar-refractivity contribution >= 4 is 5.91 Å². The van der Waals surface area contributed by atoms with E-state index in [4.69, 9.17) is 9.47 Å². The minimum Gasteiger partial charge on any atom is -0.490 e. The molecule has 0 radical (unpaired) electrons. The van der Waals surface area contributed by atoms with Crippen LogP contribution in [0.3, 0.4) is 0 Å². The third-order valence-corrected chi connectivity index (χ3v) is 3.31. The summed E-state index contributed by atoms with van der Waals surface area (Å²) in [4.78, 5) is 14.2. The zero-order valence-electron chi connectivity index (χ0n) is 14.1. The highest BCUT2D eigenvalue weighted by molar-refractivity contribution is 5.94. The third-order valence-electron chi connectivity index (χ3n) is 3.31. The molecule has 1 heterocycles. The Morgan fingerprint density at radius 3 is 2.48 bits per heavy atom. The standard InChI is InChI=1S/C17H23N3O3/c1-5-22-15-8-7-13(11-16(15)23-6-2)17(21)19(3)12-14-9-10-20(4)18-14/h7-11H,5-6,12H2,1-4H3. The van der Waals surface area contributed by atoms with E-state index >= 15 is 0 Å². The number of amides is 1. The van der Waals surface area contributed by atoms with Crippen LogP contribution in [0, 0.1) is 0 Å². The van der Waals surface area contributed by atoms with Gasteiger partial charge in [-0.25, -0.2) is 0 Å². The van der Waals surface area contributed by atoms with Crippen molar-refractivity contribution in [3.05, 3.63) is 41.7 Å². The first kappa shape index (κ1) is 16.9. The summed E-state index contributed by atoms with van der Waals surface area (Å²) < 4.78 is 12.8. The van der Waals surface area contributed by atoms with Crippen molar-refractivity contribution in [3.63, 3.8) is 0 Å². The number of hydrogen-bond acceptors (Lipinski definition) is 4. The fourth-order valence-electron chi connectivity index (χ4n) is 2.27. The van der Waals surface area contributed by atoms with E-state index in [9.17, 15) is 4.79 Å². The molecule has 0 saturated heterocycles. The van der Waals surface area contributed by atoms with E-state index in [1.54, 1.807) is 34.8 Å². The van der Waals surface area contributed by atoms with Crippen LogP contribution in [-0.4, -0.2) is 40.8 Å². The van der Waals surface area contributed by atoms with Crippen molar-refractivity contribution in [2.45, 2.75) is 20.4 Å². The van der Waals surface area contributed by atoms with Crippen molar-refractivity contribution in [3.8, 4) is 11.5 Å². The van der Waals surface area contributed by atoms with Crippen LogP contribution < -0.4 is 9.47 Å². The maximum atomic E-state index is 12.6. The van der Waals surface area contributed by atoms with Gasteiger partial charge in [0.05, 0.1) is 25.5 Å². The quantitative estimate of drug-likeness (QED) is 0.787. The molecule has 0 unspecified atom stereocenters. The van der Waals surface area contributed by atoms with Gasteiger partial charge < -0.3 is 14.4 Å². The SMILES string of the molecule is CCOc1ccc(C(=O)N(C)Cc2ccn(C)n2)cc1OCC. The second-order valence-corrected chi connectivity index (χ2v) is 5.17. The Hall–Kier alpha value is -2.50. The van der Waals surface area contributed by atoms with Gasteiger partial charge in [-0.1, -0.05) is 0 Å². The lowest BCUT2D eigenvalue weighted by atomic mass is 10.1. The summed E-state index contributed by atoms with van der Waals surface area (Å²) in [5.41, 5.74) is 1.41. The number of benzene rings is 1. The molecule has 0 saturated carbocycles. The van der Waals surface area contributed by atoms with Crippen molar-refractivity contribution in [2.24, 2.45) is 7.05 Å². The number of aryl methyl sites for hydroxylation is 1. The third kappa shape index (κ3) is 4.25. The van der Waals surface area contributed by atoms with Crippen LogP contribution in [0.15, 0.2) is 30.5 Å². The van der Waals surface area contributed by atoms with E-state index in [0.717, 1.165) is 5.69 Å². The summed E-state index contributed by atoms with van der Waals surface area (Å²) >= 11 is 0. The molecule has 1 aromatic heterocycles. The number of aromatic nitrogens is 2. The van der Waals surface area contributed by atoms with Crippen molar-refractivity contribution in [2.75, 3.05) is 20.3 Å². The van der Waals surface area contributed by atoms with Crippen LogP contribution >= 0.6 is 0 Å². The summed E-state index contributed by atoms with van der Waals surface area (Å²) in [5, 5.41) is 4.29. The van der Waals surface area contributed by atoms with Gasteiger partial charge >= 0.3 is 0 Å². The van der Waals surface area contributed by atoms with Gasteiger partial charge in [0.1, 0.15) is 0 Å². The number of ether oxygens (including phenoxy) is 2. The molecule has 0 bridgehead atoms. The Kier molecular flexibility index (Phi) is 5.62. The van der Waals surface area contributed by atoms with Crippen LogP contribution in [0.2, 0.25) is 0 Å². The van der Waals surface area contributed by atoms with E-state index in [0.29, 0.717) is 36.8 Å². The van der Waals surface area contributed by atoms with Crippen LogP contribution in [0.5, 0.6) is 11.5 Å². The van der Waals surface area contributed by atoms with E-state index in [1.807, 2.05) is 33.2 Å². The van der Waals surface area contributed by atoms with E-state index in [2.05, 4.69) is 5.10 Å². The van der Waals surface area contributed by atoms with Gasteiger partial charge in [-0.15, -0.1) is 0 Å². The fraction of sp³-hybridized carbons (Fsp3) is 0.412. The molecule has 0 N–H and O–H groups in total. The average Bonchev–Trinajstić information content (AvgIpc) is 2.93. The summed E-state index contributed by atoms with van der Waals surface area (Å²) in [6.45, 7) is 5.33. The van der Waals surface area contributed by atoms with Crippen molar-refractivity contribution < 1.29 is 14.3 Å². The number of nitrogens with zero attached hydrogens (tertiary/aromatic N) is 3. The molecule has 0 fully saturated rings. The monoisotopic (exact) mass is 317 g/mol. The van der Waals surface area contributed by atoms with Crippen LogP contribution in [0.1, 0.15) is 29.9 Å². The Morgan fingerprint density at radius 1 is 1.17 bits per heavy atom. The van der Waals surface area contributed by atoms with Crippen LogP contribution in [0.25, 0.3) is 0 Å². The normalized spacial score (nSPS) is 10.4. The van der Waals surface area contributed by atoms with Crippen LogP contribution in [-0.2, 0) is 13.6 Å². The minimum absolute atomic E-state index is 0.0837. The first-order valence-corrected chi connectivity index (χ1v) is 7.68. The largest absolute Gasteiger partial charge is 0.490 e. The first-order valence-electron chi connectivity index (χ1n) is 7.68. The molecular weight excluding hydrogens is 294 g/mol. The number of rotatable bonds is 7. The Bertz CT molecular complexity index is 667. The predicted molar refractivity (Wildman–Crippen MR) is 87.8 cm³/mol. The van der Waals surface area contributed by atoms with Gasteiger partial charge in [0.25, 0.3) is 5.91 Å². The highest BCUT2D eigenvalue weighted by atomic mass is 16.5. The fourth-order valence-corrected chi connectivity index (χ4v) is 2.27. The molecule has 124 valence electrons. The van der Waals surface area contributed by atoms with E-state index in [-0.39, 0.29) is 5.91 Å². The van der Waals surface area contributed by atoms with Gasteiger partial charge in [-0.3, -0.25) is 9.48 Å². The minimum atomic E-state index is -0.0837. The summed E-state index contributed by atoms with van der Waals surface area (Å²) in [5.74, 6) is 1.16. The summed E-state index contributed by atoms with van der Waals surface area (Å²) in [6, 6.07) is 7.15. The molecule has 2 rings (SSSR count). The zero-order chi connectivity index (χ0) is 16.8. The molecule has 0 spiro atoms. The molecule has 0 atom stereocenters. The Labute approximate surface area is 136 Å². The number of hydrogen-bond donors (Lipinski definition) is 0. The lowest BCUT2D eigenvalue weighted by Gasteiger charge is -2.17. The number of carbonyl (C=O) groups is 1. The van der Waals surface area contributed by atoms with E-state index in [1.165, 1.54) is 0 Å². The molecule has 1 aromatic carbocycles. The molecule has 0 aliphatic rings. The number of carbonyl (C=O) groups excluding carboxylic acids is 1. The molecule has 23 heavy (non-hydrogen) atoms. The second-order valence-electron chi connectivity index (χ2n) is 5.17.